The van der Waals surface area contributed by atoms with Gasteiger partial charge in [-0.2, -0.15) is 17.5 Å². The number of amides is 1. The van der Waals surface area contributed by atoms with E-state index in [1.165, 1.54) is 22.0 Å². The molecule has 0 radical (unpaired) electrons. The van der Waals surface area contributed by atoms with Crippen LogP contribution in [-0.4, -0.2) is 31.7 Å². The van der Waals surface area contributed by atoms with Gasteiger partial charge in [0, 0.05) is 25.6 Å². The molecule has 1 fully saturated rings. The Labute approximate surface area is 185 Å². The lowest BCUT2D eigenvalue weighted by Crippen LogP contribution is -2.42. The van der Waals surface area contributed by atoms with Crippen molar-refractivity contribution in [2.75, 3.05) is 13.1 Å². The van der Waals surface area contributed by atoms with Gasteiger partial charge >= 0.3 is 6.18 Å². The number of alkyl halides is 3. The second-order valence-electron chi connectivity index (χ2n) is 8.38. The molecule has 0 aromatic heterocycles. The van der Waals surface area contributed by atoms with Crippen molar-refractivity contribution in [1.82, 2.24) is 9.62 Å². The molecule has 1 aliphatic heterocycles. The monoisotopic (exact) mass is 466 g/mol. The molecule has 2 aromatic carbocycles. The van der Waals surface area contributed by atoms with Gasteiger partial charge in [0.25, 0.3) is 0 Å². The minimum absolute atomic E-state index is 0.00358. The van der Waals surface area contributed by atoms with Crippen LogP contribution in [0.5, 0.6) is 0 Å². The molecule has 0 unspecified atom stereocenters. The minimum Gasteiger partial charge on any atom is -0.352 e. The molecule has 0 atom stereocenters. The van der Waals surface area contributed by atoms with Crippen LogP contribution in [0, 0.1) is 5.92 Å². The number of sulfonamides is 1. The van der Waals surface area contributed by atoms with Gasteiger partial charge in [-0.1, -0.05) is 18.2 Å². The van der Waals surface area contributed by atoms with E-state index in [0.29, 0.717) is 23.3 Å². The van der Waals surface area contributed by atoms with E-state index in [4.69, 9.17) is 0 Å². The van der Waals surface area contributed by atoms with Gasteiger partial charge in [0.2, 0.25) is 15.9 Å². The molecule has 1 N–H and O–H groups in total. The normalized spacial score (nSPS) is 17.8. The van der Waals surface area contributed by atoms with Crippen molar-refractivity contribution in [3.8, 4) is 0 Å². The van der Waals surface area contributed by atoms with Crippen LogP contribution in [0.1, 0.15) is 41.5 Å². The summed E-state index contributed by atoms with van der Waals surface area (Å²) in [6.45, 7) is 0.471. The zero-order chi connectivity index (χ0) is 22.9. The first-order valence-corrected chi connectivity index (χ1v) is 12.1. The largest absolute Gasteiger partial charge is 0.416 e. The summed E-state index contributed by atoms with van der Waals surface area (Å²) >= 11 is 0. The first kappa shape index (κ1) is 22.8. The number of piperidine rings is 1. The molecule has 4 rings (SSSR count). The third-order valence-electron chi connectivity index (χ3n) is 6.25. The summed E-state index contributed by atoms with van der Waals surface area (Å²) in [6.07, 6.45) is -0.766. The fraction of sp³-hybridized carbons (Fsp3) is 0.435. The van der Waals surface area contributed by atoms with Gasteiger partial charge in [-0.25, -0.2) is 8.42 Å². The summed E-state index contributed by atoms with van der Waals surface area (Å²) in [4.78, 5) is 12.8. The Morgan fingerprint density at radius 1 is 1.03 bits per heavy atom. The first-order chi connectivity index (χ1) is 15.1. The summed E-state index contributed by atoms with van der Waals surface area (Å²) in [7, 11) is -3.61. The van der Waals surface area contributed by atoms with Crippen LogP contribution in [0.4, 0.5) is 13.2 Å². The molecule has 1 amide bonds. The van der Waals surface area contributed by atoms with Crippen molar-refractivity contribution < 1.29 is 26.4 Å². The predicted octanol–water partition coefficient (Wildman–Crippen LogP) is 3.91. The average Bonchev–Trinajstić information content (AvgIpc) is 3.25. The van der Waals surface area contributed by atoms with Gasteiger partial charge in [0.05, 0.1) is 10.5 Å². The van der Waals surface area contributed by atoms with Gasteiger partial charge in [-0.15, -0.1) is 0 Å². The lowest BCUT2D eigenvalue weighted by molar-refractivity contribution is -0.137. The molecule has 9 heteroatoms. The zero-order valence-corrected chi connectivity index (χ0v) is 18.3. The topological polar surface area (TPSA) is 66.5 Å². The molecule has 1 aliphatic carbocycles. The van der Waals surface area contributed by atoms with Crippen LogP contribution in [0.15, 0.2) is 47.4 Å². The molecular formula is C23H25F3N2O3S. The summed E-state index contributed by atoms with van der Waals surface area (Å²) in [5.41, 5.74) is 1.91. The number of fused-ring (bicyclic) bond motifs is 1. The quantitative estimate of drug-likeness (QED) is 0.727. The summed E-state index contributed by atoms with van der Waals surface area (Å²) in [5, 5.41) is 2.69. The summed E-state index contributed by atoms with van der Waals surface area (Å²) in [5.74, 6) is -0.635. The lowest BCUT2D eigenvalue weighted by atomic mass is 9.97. The highest BCUT2D eigenvalue weighted by Gasteiger charge is 2.33. The van der Waals surface area contributed by atoms with Crippen molar-refractivity contribution in [1.29, 1.82) is 0 Å². The van der Waals surface area contributed by atoms with Crippen LogP contribution in [0.2, 0.25) is 0 Å². The minimum atomic E-state index is -4.43. The van der Waals surface area contributed by atoms with Crippen molar-refractivity contribution >= 4 is 15.9 Å². The van der Waals surface area contributed by atoms with Crippen LogP contribution in [-0.2, 0) is 40.4 Å². The molecule has 1 heterocycles. The van der Waals surface area contributed by atoms with Gasteiger partial charge in [0.1, 0.15) is 0 Å². The Balaban J connectivity index is 1.33. The van der Waals surface area contributed by atoms with Gasteiger partial charge in [-0.3, -0.25) is 4.79 Å². The SMILES string of the molecule is O=C(NCc1cccc(C(F)(F)F)c1)C1CCN(S(=O)(=O)c2ccc3c(c2)CCC3)CC1. The molecule has 172 valence electrons. The van der Waals surface area contributed by atoms with E-state index in [-0.39, 0.29) is 31.5 Å². The van der Waals surface area contributed by atoms with Crippen molar-refractivity contribution in [2.24, 2.45) is 5.92 Å². The third kappa shape index (κ3) is 4.83. The number of rotatable bonds is 5. The van der Waals surface area contributed by atoms with E-state index >= 15 is 0 Å². The van der Waals surface area contributed by atoms with Crippen molar-refractivity contribution in [3.05, 3.63) is 64.7 Å². The molecule has 0 saturated carbocycles. The van der Waals surface area contributed by atoms with E-state index in [1.807, 2.05) is 6.07 Å². The molecule has 32 heavy (non-hydrogen) atoms. The van der Waals surface area contributed by atoms with E-state index in [1.54, 1.807) is 12.1 Å². The van der Waals surface area contributed by atoms with Crippen molar-refractivity contribution in [2.45, 2.75) is 49.7 Å². The summed E-state index contributed by atoms with van der Waals surface area (Å²) < 4.78 is 66.0. The van der Waals surface area contributed by atoms with Crippen LogP contribution in [0.3, 0.4) is 0 Å². The van der Waals surface area contributed by atoms with Gasteiger partial charge < -0.3 is 5.32 Å². The van der Waals surface area contributed by atoms with Crippen molar-refractivity contribution in [3.63, 3.8) is 0 Å². The highest BCUT2D eigenvalue weighted by molar-refractivity contribution is 7.89. The third-order valence-corrected chi connectivity index (χ3v) is 8.15. The Kier molecular flexibility index (Phi) is 6.31. The molecule has 0 spiro atoms. The Bertz CT molecular complexity index is 1110. The molecule has 2 aromatic rings. The smallest absolute Gasteiger partial charge is 0.352 e. The number of halogens is 3. The van der Waals surface area contributed by atoms with E-state index < -0.39 is 21.8 Å². The zero-order valence-electron chi connectivity index (χ0n) is 17.5. The molecule has 5 nitrogen and oxygen atoms in total. The maximum absolute atomic E-state index is 13.0. The van der Waals surface area contributed by atoms with E-state index in [2.05, 4.69) is 5.32 Å². The molecule has 1 saturated heterocycles. The van der Waals surface area contributed by atoms with Crippen LogP contribution < -0.4 is 5.32 Å². The highest BCUT2D eigenvalue weighted by Crippen LogP contribution is 2.30. The Morgan fingerprint density at radius 3 is 2.47 bits per heavy atom. The maximum atomic E-state index is 13.0. The number of nitrogens with one attached hydrogen (secondary N) is 1. The van der Waals surface area contributed by atoms with Gasteiger partial charge in [-0.05, 0) is 73.1 Å². The van der Waals surface area contributed by atoms with E-state index in [9.17, 15) is 26.4 Å². The number of aryl methyl sites for hydroxylation is 2. The highest BCUT2D eigenvalue weighted by atomic mass is 32.2. The van der Waals surface area contributed by atoms with Crippen LogP contribution >= 0.6 is 0 Å². The number of hydrogen-bond acceptors (Lipinski definition) is 3. The Morgan fingerprint density at radius 2 is 1.75 bits per heavy atom. The molecule has 2 aliphatic rings. The second-order valence-corrected chi connectivity index (χ2v) is 10.3. The number of hydrogen-bond donors (Lipinski definition) is 1. The predicted molar refractivity (Wildman–Crippen MR) is 113 cm³/mol. The maximum Gasteiger partial charge on any atom is 0.416 e. The summed E-state index contributed by atoms with van der Waals surface area (Å²) in [6, 6.07) is 10.2. The molecular weight excluding hydrogens is 441 g/mol. The van der Waals surface area contributed by atoms with Gasteiger partial charge in [0.15, 0.2) is 0 Å². The molecule has 0 bridgehead atoms. The number of benzene rings is 2. The van der Waals surface area contributed by atoms with Crippen LogP contribution in [0.25, 0.3) is 0 Å². The Hall–Kier alpha value is -2.39. The standard InChI is InChI=1S/C23H25F3N2O3S/c24-23(25,26)20-6-1-3-16(13-20)15-27-22(29)18-9-11-28(12-10-18)32(30,31)21-8-7-17-4-2-5-19(17)14-21/h1,3,6-8,13-14,18H,2,4-5,9-12,15H2,(H,27,29). The fourth-order valence-electron chi connectivity index (χ4n) is 4.41. The second kappa shape index (κ2) is 8.86. The first-order valence-electron chi connectivity index (χ1n) is 10.7. The number of nitrogens with zero attached hydrogens (tertiary/aromatic N) is 1. The number of carbonyl (C=O) groups excluding carboxylic acids is 1. The lowest BCUT2D eigenvalue weighted by Gasteiger charge is -2.30. The number of carbonyl (C=O) groups is 1. The average molecular weight is 467 g/mol. The fourth-order valence-corrected chi connectivity index (χ4v) is 5.93. The van der Waals surface area contributed by atoms with E-state index in [0.717, 1.165) is 37.0 Å².